The lowest BCUT2D eigenvalue weighted by Crippen LogP contribution is -2.42. The molecule has 1 aliphatic rings. The number of hydrogen-bond donors (Lipinski definition) is 3. The Morgan fingerprint density at radius 2 is 1.96 bits per heavy atom. The van der Waals surface area contributed by atoms with Crippen molar-refractivity contribution in [2.75, 3.05) is 13.3 Å². The van der Waals surface area contributed by atoms with E-state index in [9.17, 15) is 8.42 Å². The molecule has 2 rings (SSSR count). The number of sulfonamides is 1. The molecule has 2 unspecified atom stereocenters. The van der Waals surface area contributed by atoms with Crippen molar-refractivity contribution in [1.82, 2.24) is 15.4 Å². The van der Waals surface area contributed by atoms with Gasteiger partial charge < -0.3 is 10.6 Å². The first-order valence-corrected chi connectivity index (χ1v) is 12.3. The third-order valence-corrected chi connectivity index (χ3v) is 7.22. The molecule has 1 aliphatic carbocycles. The van der Waals surface area contributed by atoms with Gasteiger partial charge in [-0.2, -0.15) is 11.8 Å². The average molecular weight is 413 g/mol. The molecule has 1 saturated carbocycles. The van der Waals surface area contributed by atoms with Crippen LogP contribution in [-0.2, 0) is 22.3 Å². The van der Waals surface area contributed by atoms with Gasteiger partial charge in [-0.25, -0.2) is 13.1 Å². The third kappa shape index (κ3) is 7.35. The molecular weight excluding hydrogens is 380 g/mol. The normalized spacial score (nSPS) is 20.9. The molecule has 8 heteroatoms. The van der Waals surface area contributed by atoms with E-state index in [0.717, 1.165) is 35.2 Å². The minimum absolute atomic E-state index is 0.0207. The predicted molar refractivity (Wildman–Crippen MR) is 116 cm³/mol. The van der Waals surface area contributed by atoms with Crippen molar-refractivity contribution in [3.05, 3.63) is 35.4 Å². The highest BCUT2D eigenvalue weighted by molar-refractivity contribution is 7.99. The van der Waals surface area contributed by atoms with Gasteiger partial charge in [0.1, 0.15) is 0 Å². The Labute approximate surface area is 168 Å². The number of benzene rings is 1. The third-order valence-electron chi connectivity index (χ3n) is 4.61. The second-order valence-electron chi connectivity index (χ2n) is 7.24. The van der Waals surface area contributed by atoms with Gasteiger partial charge >= 0.3 is 0 Å². The molecular formula is C19H32N4O2S2. The van der Waals surface area contributed by atoms with Crippen LogP contribution in [0.25, 0.3) is 0 Å². The topological polar surface area (TPSA) is 82.6 Å². The van der Waals surface area contributed by atoms with Crippen LogP contribution in [0.3, 0.4) is 0 Å². The number of thioether (sulfide) groups is 1. The van der Waals surface area contributed by atoms with Crippen LogP contribution in [0.2, 0.25) is 0 Å². The molecule has 1 aromatic rings. The standard InChI is InChI=1S/C19H32N4O2S2/c1-14(2)23-27(24,25)13-16-8-6-5-7-15(16)12-21-19(20-3)22-17-9-10-18(11-17)26-4/h5-8,14,17-18,23H,9-13H2,1-4H3,(H2,20,21,22). The van der Waals surface area contributed by atoms with Crippen LogP contribution < -0.4 is 15.4 Å². The van der Waals surface area contributed by atoms with Gasteiger partial charge in [-0.3, -0.25) is 4.99 Å². The minimum atomic E-state index is -3.35. The molecule has 6 nitrogen and oxygen atoms in total. The van der Waals surface area contributed by atoms with Crippen molar-refractivity contribution >= 4 is 27.7 Å². The zero-order valence-corrected chi connectivity index (χ0v) is 18.3. The minimum Gasteiger partial charge on any atom is -0.354 e. The van der Waals surface area contributed by atoms with Crippen LogP contribution in [-0.4, -0.2) is 45.0 Å². The highest BCUT2D eigenvalue weighted by Crippen LogP contribution is 2.28. The highest BCUT2D eigenvalue weighted by atomic mass is 32.2. The Bertz CT molecular complexity index is 735. The maximum absolute atomic E-state index is 12.3. The number of guanidine groups is 1. The van der Waals surface area contributed by atoms with Crippen LogP contribution in [0.5, 0.6) is 0 Å². The fraction of sp³-hybridized carbons (Fsp3) is 0.632. The Kier molecular flexibility index (Phi) is 8.44. The van der Waals surface area contributed by atoms with Crippen molar-refractivity contribution in [3.63, 3.8) is 0 Å². The summed E-state index contributed by atoms with van der Waals surface area (Å²) < 4.78 is 27.2. The van der Waals surface area contributed by atoms with E-state index < -0.39 is 10.0 Å². The van der Waals surface area contributed by atoms with E-state index in [2.05, 4.69) is 26.6 Å². The molecule has 152 valence electrons. The maximum atomic E-state index is 12.3. The summed E-state index contributed by atoms with van der Waals surface area (Å²) in [5.74, 6) is 0.743. The van der Waals surface area contributed by atoms with Gasteiger partial charge in [0.05, 0.1) is 5.75 Å². The fourth-order valence-corrected chi connectivity index (χ4v) is 5.62. The monoisotopic (exact) mass is 412 g/mol. The molecule has 3 N–H and O–H groups in total. The molecule has 1 fully saturated rings. The van der Waals surface area contributed by atoms with Gasteiger partial charge in [-0.05, 0) is 50.5 Å². The largest absolute Gasteiger partial charge is 0.354 e. The summed E-state index contributed by atoms with van der Waals surface area (Å²) in [4.78, 5) is 4.32. The first kappa shape index (κ1) is 22.0. The van der Waals surface area contributed by atoms with Gasteiger partial charge in [0.15, 0.2) is 5.96 Å². The zero-order valence-electron chi connectivity index (χ0n) is 16.7. The van der Waals surface area contributed by atoms with Crippen molar-refractivity contribution in [2.24, 2.45) is 4.99 Å². The molecule has 0 saturated heterocycles. The Hall–Kier alpha value is -1.25. The van der Waals surface area contributed by atoms with E-state index in [1.165, 1.54) is 6.42 Å². The SMILES string of the molecule is CN=C(NCc1ccccc1CS(=O)(=O)NC(C)C)NC1CCC(SC)C1. The predicted octanol–water partition coefficient (Wildman–Crippen LogP) is 2.46. The van der Waals surface area contributed by atoms with Gasteiger partial charge in [0, 0.05) is 30.9 Å². The van der Waals surface area contributed by atoms with Crippen LogP contribution in [0, 0.1) is 0 Å². The van der Waals surface area contributed by atoms with Gasteiger partial charge in [0.2, 0.25) is 10.0 Å². The number of nitrogens with one attached hydrogen (secondary N) is 3. The zero-order chi connectivity index (χ0) is 19.9. The van der Waals surface area contributed by atoms with Crippen LogP contribution >= 0.6 is 11.8 Å². The Morgan fingerprint density at radius 1 is 1.26 bits per heavy atom. The first-order chi connectivity index (χ1) is 12.8. The number of aliphatic imine (C=N–C) groups is 1. The summed E-state index contributed by atoms with van der Waals surface area (Å²) in [6.45, 7) is 4.18. The second-order valence-corrected chi connectivity index (χ2v) is 10.1. The highest BCUT2D eigenvalue weighted by Gasteiger charge is 2.24. The van der Waals surface area contributed by atoms with Gasteiger partial charge in [-0.1, -0.05) is 24.3 Å². The van der Waals surface area contributed by atoms with Crippen molar-refractivity contribution in [2.45, 2.75) is 62.7 Å². The van der Waals surface area contributed by atoms with Crippen molar-refractivity contribution in [3.8, 4) is 0 Å². The summed E-state index contributed by atoms with van der Waals surface area (Å²) in [6.07, 6.45) is 5.71. The Balaban J connectivity index is 1.97. The molecule has 0 spiro atoms. The Morgan fingerprint density at radius 3 is 2.56 bits per heavy atom. The number of nitrogens with zero attached hydrogens (tertiary/aromatic N) is 1. The van der Waals surface area contributed by atoms with Gasteiger partial charge in [0.25, 0.3) is 0 Å². The molecule has 0 amide bonds. The van der Waals surface area contributed by atoms with Crippen molar-refractivity contribution in [1.29, 1.82) is 0 Å². The average Bonchev–Trinajstić information content (AvgIpc) is 3.06. The van der Waals surface area contributed by atoms with Gasteiger partial charge in [-0.15, -0.1) is 0 Å². The van der Waals surface area contributed by atoms with E-state index in [-0.39, 0.29) is 11.8 Å². The molecule has 0 aromatic heterocycles. The van der Waals surface area contributed by atoms with E-state index in [0.29, 0.717) is 12.6 Å². The first-order valence-electron chi connectivity index (χ1n) is 9.39. The smallest absolute Gasteiger partial charge is 0.216 e. The number of hydrogen-bond acceptors (Lipinski definition) is 4. The summed E-state index contributed by atoms with van der Waals surface area (Å²) in [5.41, 5.74) is 1.76. The van der Waals surface area contributed by atoms with E-state index in [1.807, 2.05) is 49.9 Å². The maximum Gasteiger partial charge on any atom is 0.216 e. The lowest BCUT2D eigenvalue weighted by Gasteiger charge is -2.18. The second kappa shape index (κ2) is 10.3. The molecule has 1 aromatic carbocycles. The van der Waals surface area contributed by atoms with Crippen LogP contribution in [0.1, 0.15) is 44.2 Å². The van der Waals surface area contributed by atoms with Crippen LogP contribution in [0.15, 0.2) is 29.3 Å². The molecule has 2 atom stereocenters. The van der Waals surface area contributed by atoms with Crippen molar-refractivity contribution < 1.29 is 8.42 Å². The van der Waals surface area contributed by atoms with E-state index in [4.69, 9.17) is 0 Å². The number of rotatable bonds is 8. The lowest BCUT2D eigenvalue weighted by molar-refractivity contribution is 0.568. The molecule has 0 aliphatic heterocycles. The molecule has 0 bridgehead atoms. The fourth-order valence-electron chi connectivity index (χ4n) is 3.33. The quantitative estimate of drug-likeness (QED) is 0.451. The molecule has 0 radical (unpaired) electrons. The summed E-state index contributed by atoms with van der Waals surface area (Å²) in [5, 5.41) is 7.54. The molecule has 27 heavy (non-hydrogen) atoms. The molecule has 0 heterocycles. The van der Waals surface area contributed by atoms with E-state index in [1.54, 1.807) is 7.05 Å². The summed E-state index contributed by atoms with van der Waals surface area (Å²) >= 11 is 1.93. The van der Waals surface area contributed by atoms with E-state index >= 15 is 0 Å². The summed E-state index contributed by atoms with van der Waals surface area (Å²) in [6, 6.07) is 7.96. The summed E-state index contributed by atoms with van der Waals surface area (Å²) in [7, 11) is -1.59. The lowest BCUT2D eigenvalue weighted by atomic mass is 10.1. The van der Waals surface area contributed by atoms with Crippen LogP contribution in [0.4, 0.5) is 0 Å².